The highest BCUT2D eigenvalue weighted by Gasteiger charge is 2.32. The fourth-order valence-corrected chi connectivity index (χ4v) is 3.92. The number of allylic oxidation sites excluding steroid dienone is 2. The molecule has 154 valence electrons. The van der Waals surface area contributed by atoms with Crippen LogP contribution in [-0.4, -0.2) is 44.7 Å². The van der Waals surface area contributed by atoms with Gasteiger partial charge in [-0.25, -0.2) is 4.79 Å². The lowest BCUT2D eigenvalue weighted by atomic mass is 10.1. The van der Waals surface area contributed by atoms with E-state index < -0.39 is 17.9 Å². The molecule has 1 saturated heterocycles. The summed E-state index contributed by atoms with van der Waals surface area (Å²) in [4.78, 5) is 37.8. The number of benzene rings is 1. The first-order valence-electron chi connectivity index (χ1n) is 9.41. The van der Waals surface area contributed by atoms with Crippen molar-refractivity contribution in [3.8, 4) is 0 Å². The van der Waals surface area contributed by atoms with Crippen molar-refractivity contribution in [2.45, 2.75) is 38.6 Å². The van der Waals surface area contributed by atoms with E-state index in [0.29, 0.717) is 22.1 Å². The second-order valence-electron chi connectivity index (χ2n) is 6.48. The number of carbonyl (C=O) groups is 3. The van der Waals surface area contributed by atoms with E-state index in [9.17, 15) is 19.5 Å². The third-order valence-electron chi connectivity index (χ3n) is 4.25. The van der Waals surface area contributed by atoms with Crippen molar-refractivity contribution < 1.29 is 19.5 Å². The lowest BCUT2D eigenvalue weighted by Crippen LogP contribution is -2.42. The first kappa shape index (κ1) is 22.8. The molecule has 6 nitrogen and oxygen atoms in total. The molecule has 29 heavy (non-hydrogen) atoms. The maximum Gasteiger partial charge on any atom is 0.326 e. The Morgan fingerprint density at radius 2 is 2.03 bits per heavy atom. The quantitative estimate of drug-likeness (QED) is 0.434. The predicted molar refractivity (Wildman–Crippen MR) is 119 cm³/mol. The number of carboxylic acids is 1. The smallest absolute Gasteiger partial charge is 0.326 e. The summed E-state index contributed by atoms with van der Waals surface area (Å²) in [6, 6.07) is 8.80. The number of unbranched alkanes of at least 4 members (excludes halogenated alkanes) is 1. The summed E-state index contributed by atoms with van der Waals surface area (Å²) in [6.07, 6.45) is 7.33. The molecule has 1 aromatic rings. The number of nitrogens with one attached hydrogen (secondary N) is 1. The van der Waals surface area contributed by atoms with E-state index >= 15 is 0 Å². The Morgan fingerprint density at radius 1 is 1.31 bits per heavy atom. The van der Waals surface area contributed by atoms with Gasteiger partial charge in [0.15, 0.2) is 0 Å². The van der Waals surface area contributed by atoms with Gasteiger partial charge in [0.2, 0.25) is 5.91 Å². The zero-order chi connectivity index (χ0) is 21.2. The Labute approximate surface area is 180 Å². The van der Waals surface area contributed by atoms with E-state index in [4.69, 9.17) is 12.2 Å². The molecule has 1 aliphatic heterocycles. The maximum absolute atomic E-state index is 12.5. The number of nitrogens with zero attached hydrogens (tertiary/aromatic N) is 1. The van der Waals surface area contributed by atoms with Gasteiger partial charge in [-0.3, -0.25) is 14.5 Å². The van der Waals surface area contributed by atoms with Crippen LogP contribution in [0.2, 0.25) is 0 Å². The molecule has 0 spiro atoms. The van der Waals surface area contributed by atoms with Crippen molar-refractivity contribution in [3.63, 3.8) is 0 Å². The number of hydrogen-bond donors (Lipinski definition) is 2. The highest BCUT2D eigenvalue weighted by molar-refractivity contribution is 8.26. The summed E-state index contributed by atoms with van der Waals surface area (Å²) >= 11 is 6.44. The first-order chi connectivity index (χ1) is 13.9. The molecule has 1 fully saturated rings. The van der Waals surface area contributed by atoms with Crippen LogP contribution in [0.5, 0.6) is 0 Å². The van der Waals surface area contributed by atoms with E-state index in [1.54, 1.807) is 12.2 Å². The Morgan fingerprint density at radius 3 is 2.69 bits per heavy atom. The van der Waals surface area contributed by atoms with Gasteiger partial charge in [-0.15, -0.1) is 0 Å². The molecule has 0 bridgehead atoms. The molecule has 2 rings (SSSR count). The van der Waals surface area contributed by atoms with Crippen molar-refractivity contribution in [2.75, 3.05) is 6.54 Å². The number of hydrogen-bond acceptors (Lipinski definition) is 5. The molecule has 8 heteroatoms. The molecule has 1 atom stereocenters. The molecule has 0 radical (unpaired) electrons. The van der Waals surface area contributed by atoms with E-state index in [-0.39, 0.29) is 18.9 Å². The zero-order valence-corrected chi connectivity index (χ0v) is 17.8. The van der Waals surface area contributed by atoms with Crippen molar-refractivity contribution in [2.24, 2.45) is 0 Å². The number of carbonyl (C=O) groups excluding carboxylic acids is 2. The molecule has 1 heterocycles. The molecular weight excluding hydrogens is 408 g/mol. The van der Waals surface area contributed by atoms with Gasteiger partial charge in [0, 0.05) is 13.0 Å². The number of thioether (sulfide) groups is 1. The van der Waals surface area contributed by atoms with Crippen LogP contribution >= 0.6 is 24.0 Å². The fourth-order valence-electron chi connectivity index (χ4n) is 2.66. The summed E-state index contributed by atoms with van der Waals surface area (Å²) in [5.41, 5.74) is 1.02. The number of carboxylic acid groups (broad SMARTS) is 1. The Bertz CT molecular complexity index is 821. The molecular formula is C21H24N2O4S2. The fraction of sp³-hybridized carbons (Fsp3) is 0.333. The Balaban J connectivity index is 1.89. The van der Waals surface area contributed by atoms with Crippen LogP contribution in [0.4, 0.5) is 0 Å². The normalized spacial score (nSPS) is 16.6. The van der Waals surface area contributed by atoms with Gasteiger partial charge in [0.1, 0.15) is 10.4 Å². The summed E-state index contributed by atoms with van der Waals surface area (Å²) in [5, 5.41) is 11.7. The summed E-state index contributed by atoms with van der Waals surface area (Å²) < 4.78 is 0.392. The zero-order valence-electron chi connectivity index (χ0n) is 16.2. The van der Waals surface area contributed by atoms with Crippen LogP contribution in [0.1, 0.15) is 38.2 Å². The largest absolute Gasteiger partial charge is 0.480 e. The van der Waals surface area contributed by atoms with Crippen LogP contribution in [0.15, 0.2) is 47.4 Å². The first-order valence-corrected chi connectivity index (χ1v) is 10.6. The summed E-state index contributed by atoms with van der Waals surface area (Å²) in [5.74, 6) is -1.70. The van der Waals surface area contributed by atoms with Crippen LogP contribution in [-0.2, 0) is 14.4 Å². The molecule has 1 aliphatic rings. The lowest BCUT2D eigenvalue weighted by Gasteiger charge is -2.17. The minimum absolute atomic E-state index is 0.00448. The SMILES string of the molecule is CCCC[C@H](NC(=O)CCN1C(=O)/C(=C\C=C\c2ccccc2)SC1=S)C(=O)O. The van der Waals surface area contributed by atoms with Gasteiger partial charge >= 0.3 is 5.97 Å². The van der Waals surface area contributed by atoms with Crippen molar-refractivity contribution in [1.29, 1.82) is 0 Å². The monoisotopic (exact) mass is 432 g/mol. The molecule has 2 amide bonds. The average Bonchev–Trinajstić information content (AvgIpc) is 2.97. The van der Waals surface area contributed by atoms with Gasteiger partial charge in [-0.1, -0.05) is 86.2 Å². The molecule has 2 N–H and O–H groups in total. The second kappa shape index (κ2) is 11.5. The Hall–Kier alpha value is -2.45. The van der Waals surface area contributed by atoms with E-state index in [1.165, 1.54) is 16.7 Å². The highest BCUT2D eigenvalue weighted by atomic mass is 32.2. The average molecular weight is 433 g/mol. The van der Waals surface area contributed by atoms with Crippen molar-refractivity contribution in [3.05, 3.63) is 53.0 Å². The highest BCUT2D eigenvalue weighted by Crippen LogP contribution is 2.31. The lowest BCUT2D eigenvalue weighted by molar-refractivity contribution is -0.142. The molecule has 0 aliphatic carbocycles. The van der Waals surface area contributed by atoms with E-state index in [0.717, 1.165) is 12.0 Å². The molecule has 0 saturated carbocycles. The second-order valence-corrected chi connectivity index (χ2v) is 8.15. The van der Waals surface area contributed by atoms with E-state index in [1.807, 2.05) is 43.3 Å². The molecule has 1 aromatic carbocycles. The van der Waals surface area contributed by atoms with Gasteiger partial charge in [-0.05, 0) is 18.1 Å². The van der Waals surface area contributed by atoms with Crippen LogP contribution in [0.25, 0.3) is 6.08 Å². The third kappa shape index (κ3) is 7.14. The molecule has 0 unspecified atom stereocenters. The standard InChI is InChI=1S/C21H24N2O4S2/c1-2-3-11-16(20(26)27)22-18(24)13-14-23-19(25)17(29-21(23)28)12-7-10-15-8-5-4-6-9-15/h4-10,12,16H,2-3,11,13-14H2,1H3,(H,22,24)(H,26,27)/b10-7+,17-12+/t16-/m0/s1. The number of rotatable bonds is 10. The number of aliphatic carboxylic acids is 1. The van der Waals surface area contributed by atoms with Crippen molar-refractivity contribution >= 4 is 52.2 Å². The van der Waals surface area contributed by atoms with E-state index in [2.05, 4.69) is 5.32 Å². The van der Waals surface area contributed by atoms with Crippen molar-refractivity contribution in [1.82, 2.24) is 10.2 Å². The van der Waals surface area contributed by atoms with Crippen LogP contribution in [0, 0.1) is 0 Å². The topological polar surface area (TPSA) is 86.7 Å². The minimum atomic E-state index is -1.05. The Kier molecular flexibility index (Phi) is 9.08. The maximum atomic E-state index is 12.5. The minimum Gasteiger partial charge on any atom is -0.480 e. The summed E-state index contributed by atoms with van der Waals surface area (Å²) in [6.45, 7) is 2.08. The molecule has 0 aromatic heterocycles. The predicted octanol–water partition coefficient (Wildman–Crippen LogP) is 3.59. The van der Waals surface area contributed by atoms with Gasteiger partial charge < -0.3 is 10.4 Å². The number of thiocarbonyl (C=S) groups is 1. The number of amides is 2. The van der Waals surface area contributed by atoms with Gasteiger partial charge in [0.05, 0.1) is 4.91 Å². The van der Waals surface area contributed by atoms with Gasteiger partial charge in [-0.2, -0.15) is 0 Å². The third-order valence-corrected chi connectivity index (χ3v) is 5.65. The van der Waals surface area contributed by atoms with Crippen LogP contribution in [0.3, 0.4) is 0 Å². The van der Waals surface area contributed by atoms with Gasteiger partial charge in [0.25, 0.3) is 5.91 Å². The summed E-state index contributed by atoms with van der Waals surface area (Å²) in [7, 11) is 0. The van der Waals surface area contributed by atoms with Crippen LogP contribution < -0.4 is 5.32 Å².